The number of fused-ring (bicyclic) bond motifs is 2. The van der Waals surface area contributed by atoms with E-state index in [0.29, 0.717) is 11.1 Å². The normalized spacial score (nSPS) is 30.0. The van der Waals surface area contributed by atoms with Crippen LogP contribution in [0.2, 0.25) is 5.02 Å². The van der Waals surface area contributed by atoms with Gasteiger partial charge in [0.2, 0.25) is 11.8 Å². The van der Waals surface area contributed by atoms with Gasteiger partial charge in [0.1, 0.15) is 0 Å². The van der Waals surface area contributed by atoms with Crippen molar-refractivity contribution in [2.75, 3.05) is 7.05 Å². The maximum absolute atomic E-state index is 12.7. The zero-order chi connectivity index (χ0) is 16.6. The maximum atomic E-state index is 12.7. The van der Waals surface area contributed by atoms with Gasteiger partial charge >= 0.3 is 0 Å². The Morgan fingerprint density at radius 1 is 1.17 bits per heavy atom. The Morgan fingerprint density at radius 3 is 2.52 bits per heavy atom. The second kappa shape index (κ2) is 6.49. The molecule has 0 radical (unpaired) electrons. The van der Waals surface area contributed by atoms with Crippen molar-refractivity contribution in [2.24, 2.45) is 5.92 Å². The average Bonchev–Trinajstić information content (AvgIpc) is 2.76. The maximum Gasteiger partial charge on any atom is 0.243 e. The van der Waals surface area contributed by atoms with Crippen LogP contribution in [-0.2, 0) is 9.59 Å². The summed E-state index contributed by atoms with van der Waals surface area (Å²) in [5.74, 6) is -0.409. The Kier molecular flexibility index (Phi) is 4.60. The molecule has 2 fully saturated rings. The van der Waals surface area contributed by atoms with Gasteiger partial charge in [-0.25, -0.2) is 0 Å². The number of halogens is 1. The molecule has 2 amide bonds. The number of carbonyl (C=O) groups is 2. The highest BCUT2D eigenvalue weighted by Gasteiger charge is 2.49. The summed E-state index contributed by atoms with van der Waals surface area (Å²) in [6.45, 7) is 1.38. The Bertz CT molecular complexity index is 604. The molecule has 5 nitrogen and oxygen atoms in total. The first-order chi connectivity index (χ1) is 11.0. The summed E-state index contributed by atoms with van der Waals surface area (Å²) in [6, 6.07) is 8.50. The fourth-order valence-electron chi connectivity index (χ4n) is 4.11. The number of nitrogens with one attached hydrogen (secondary N) is 2. The number of nitrogens with zero attached hydrogens (tertiary/aromatic N) is 1. The SMILES string of the molecule is CC(=O)NNC(=O)C1C2CC[C@H](C[C@@H]1c1ccc(Cl)cc1)N2C. The van der Waals surface area contributed by atoms with E-state index in [2.05, 4.69) is 22.8 Å². The third-order valence-electron chi connectivity index (χ3n) is 5.23. The van der Waals surface area contributed by atoms with Gasteiger partial charge in [0.15, 0.2) is 0 Å². The van der Waals surface area contributed by atoms with Crippen molar-refractivity contribution < 1.29 is 9.59 Å². The topological polar surface area (TPSA) is 61.4 Å². The van der Waals surface area contributed by atoms with Crippen molar-refractivity contribution in [3.63, 3.8) is 0 Å². The Balaban J connectivity index is 1.87. The van der Waals surface area contributed by atoms with E-state index in [4.69, 9.17) is 11.6 Å². The summed E-state index contributed by atoms with van der Waals surface area (Å²) in [5, 5.41) is 0.698. The largest absolute Gasteiger partial charge is 0.300 e. The predicted octanol–water partition coefficient (Wildman–Crippen LogP) is 2.07. The quantitative estimate of drug-likeness (QED) is 0.813. The summed E-state index contributed by atoms with van der Waals surface area (Å²) in [4.78, 5) is 26.1. The molecule has 0 saturated carbocycles. The van der Waals surface area contributed by atoms with E-state index in [1.807, 2.05) is 24.3 Å². The fraction of sp³-hybridized carbons (Fsp3) is 0.529. The lowest BCUT2D eigenvalue weighted by Crippen LogP contribution is -2.54. The summed E-state index contributed by atoms with van der Waals surface area (Å²) in [7, 11) is 2.10. The van der Waals surface area contributed by atoms with Gasteiger partial charge in [-0.1, -0.05) is 23.7 Å². The van der Waals surface area contributed by atoms with E-state index < -0.39 is 0 Å². The zero-order valence-corrected chi connectivity index (χ0v) is 14.1. The Morgan fingerprint density at radius 2 is 1.87 bits per heavy atom. The molecule has 2 unspecified atom stereocenters. The van der Waals surface area contributed by atoms with Crippen LogP contribution in [0.15, 0.2) is 24.3 Å². The van der Waals surface area contributed by atoms with Gasteiger partial charge in [-0.2, -0.15) is 0 Å². The molecule has 2 aliphatic heterocycles. The van der Waals surface area contributed by atoms with E-state index >= 15 is 0 Å². The van der Waals surface area contributed by atoms with Crippen molar-refractivity contribution in [1.82, 2.24) is 15.8 Å². The van der Waals surface area contributed by atoms with E-state index in [9.17, 15) is 9.59 Å². The van der Waals surface area contributed by atoms with Crippen LogP contribution in [0, 0.1) is 5.92 Å². The first kappa shape index (κ1) is 16.3. The molecule has 2 aliphatic rings. The third kappa shape index (κ3) is 3.21. The van der Waals surface area contributed by atoms with E-state index in [0.717, 1.165) is 24.8 Å². The molecule has 23 heavy (non-hydrogen) atoms. The van der Waals surface area contributed by atoms with Crippen LogP contribution in [0.25, 0.3) is 0 Å². The van der Waals surface area contributed by atoms with Gasteiger partial charge < -0.3 is 0 Å². The summed E-state index contributed by atoms with van der Waals surface area (Å²) in [6.07, 6.45) is 3.09. The van der Waals surface area contributed by atoms with Crippen molar-refractivity contribution in [2.45, 2.75) is 44.2 Å². The summed E-state index contributed by atoms with van der Waals surface area (Å²) < 4.78 is 0. The van der Waals surface area contributed by atoms with Crippen molar-refractivity contribution in [1.29, 1.82) is 0 Å². The van der Waals surface area contributed by atoms with Gasteiger partial charge in [0.25, 0.3) is 0 Å². The second-order valence-electron chi connectivity index (χ2n) is 6.55. The van der Waals surface area contributed by atoms with Gasteiger partial charge in [-0.15, -0.1) is 0 Å². The van der Waals surface area contributed by atoms with Gasteiger partial charge in [-0.3, -0.25) is 25.3 Å². The smallest absolute Gasteiger partial charge is 0.243 e. The number of hydrogen-bond donors (Lipinski definition) is 2. The van der Waals surface area contributed by atoms with Crippen LogP contribution in [0.3, 0.4) is 0 Å². The number of piperidine rings is 1. The molecule has 0 aliphatic carbocycles. The number of hydrogen-bond acceptors (Lipinski definition) is 3. The number of hydrazine groups is 1. The van der Waals surface area contributed by atoms with Crippen LogP contribution in [0.4, 0.5) is 0 Å². The minimum absolute atomic E-state index is 0.114. The van der Waals surface area contributed by atoms with E-state index in [1.54, 1.807) is 0 Å². The molecule has 6 heteroatoms. The average molecular weight is 336 g/mol. The highest BCUT2D eigenvalue weighted by Crippen LogP contribution is 2.46. The molecule has 1 aromatic carbocycles. The first-order valence-corrected chi connectivity index (χ1v) is 8.39. The second-order valence-corrected chi connectivity index (χ2v) is 6.99. The van der Waals surface area contributed by atoms with Crippen molar-refractivity contribution >= 4 is 23.4 Å². The highest BCUT2D eigenvalue weighted by atomic mass is 35.5. The molecular formula is C17H22ClN3O2. The van der Waals surface area contributed by atoms with Crippen LogP contribution in [0.5, 0.6) is 0 Å². The lowest BCUT2D eigenvalue weighted by atomic mass is 9.76. The zero-order valence-electron chi connectivity index (χ0n) is 13.4. The molecule has 0 spiro atoms. The number of amides is 2. The standard InChI is InChI=1S/C17H22ClN3O2/c1-10(22)19-20-17(23)16-14(11-3-5-12(18)6-4-11)9-13-7-8-15(16)21(13)2/h3-6,13-16H,7-9H2,1-2H3,(H,19,22)(H,20,23)/t13-,14-,15?,16?/m1/s1. The predicted molar refractivity (Wildman–Crippen MR) is 88.8 cm³/mol. The minimum Gasteiger partial charge on any atom is -0.300 e. The molecule has 1 aromatic rings. The molecule has 2 bridgehead atoms. The van der Waals surface area contributed by atoms with Crippen LogP contribution in [0.1, 0.15) is 37.7 Å². The Hall–Kier alpha value is -1.59. The first-order valence-electron chi connectivity index (χ1n) is 8.01. The minimum atomic E-state index is -0.269. The number of benzene rings is 1. The van der Waals surface area contributed by atoms with Crippen LogP contribution < -0.4 is 10.9 Å². The number of rotatable bonds is 2. The van der Waals surface area contributed by atoms with Crippen LogP contribution >= 0.6 is 11.6 Å². The lowest BCUT2D eigenvalue weighted by Gasteiger charge is -2.42. The molecular weight excluding hydrogens is 314 g/mol. The molecule has 124 valence electrons. The van der Waals surface area contributed by atoms with Crippen molar-refractivity contribution in [3.05, 3.63) is 34.9 Å². The summed E-state index contributed by atoms with van der Waals surface area (Å²) in [5.41, 5.74) is 6.13. The molecule has 2 heterocycles. The van der Waals surface area contributed by atoms with Crippen molar-refractivity contribution in [3.8, 4) is 0 Å². The number of carbonyl (C=O) groups excluding carboxylic acids is 2. The molecule has 2 N–H and O–H groups in total. The van der Waals surface area contributed by atoms with Gasteiger partial charge in [0.05, 0.1) is 5.92 Å². The molecule has 0 aromatic heterocycles. The van der Waals surface area contributed by atoms with Crippen LogP contribution in [-0.4, -0.2) is 35.8 Å². The van der Waals surface area contributed by atoms with E-state index in [1.165, 1.54) is 6.92 Å². The monoisotopic (exact) mass is 335 g/mol. The molecule has 4 atom stereocenters. The fourth-order valence-corrected chi connectivity index (χ4v) is 4.24. The summed E-state index contributed by atoms with van der Waals surface area (Å²) >= 11 is 5.99. The third-order valence-corrected chi connectivity index (χ3v) is 5.48. The molecule has 2 saturated heterocycles. The molecule has 3 rings (SSSR count). The van der Waals surface area contributed by atoms with E-state index in [-0.39, 0.29) is 29.7 Å². The lowest BCUT2D eigenvalue weighted by molar-refractivity contribution is -0.133. The highest BCUT2D eigenvalue weighted by molar-refractivity contribution is 6.30. The Labute approximate surface area is 141 Å². The van der Waals surface area contributed by atoms with Gasteiger partial charge in [-0.05, 0) is 49.9 Å². The van der Waals surface area contributed by atoms with Gasteiger partial charge in [0, 0.05) is 24.0 Å².